The Morgan fingerprint density at radius 1 is 1.28 bits per heavy atom. The van der Waals surface area contributed by atoms with Crippen LogP contribution in [0.1, 0.15) is 24.0 Å². The summed E-state index contributed by atoms with van der Waals surface area (Å²) < 4.78 is 10.8. The maximum Gasteiger partial charge on any atom is 0.258 e. The number of nitrogens with zero attached hydrogens (tertiary/aromatic N) is 3. The second-order valence-electron chi connectivity index (χ2n) is 6.83. The highest BCUT2D eigenvalue weighted by molar-refractivity contribution is 5.98. The number of fused-ring (bicyclic) bond motifs is 1. The maximum atomic E-state index is 13.0. The summed E-state index contributed by atoms with van der Waals surface area (Å²) in [7, 11) is 0. The van der Waals surface area contributed by atoms with Crippen molar-refractivity contribution in [3.05, 3.63) is 45.7 Å². The monoisotopic (exact) mass is 395 g/mol. The fourth-order valence-corrected chi connectivity index (χ4v) is 3.72. The second kappa shape index (κ2) is 7.93. The largest absolute Gasteiger partial charge is 0.494 e. The molecule has 2 N–H and O–H groups in total. The van der Waals surface area contributed by atoms with Crippen LogP contribution in [0.5, 0.6) is 5.75 Å². The molecule has 29 heavy (non-hydrogen) atoms. The number of aromatic nitrogens is 2. The number of morpholine rings is 1. The molecule has 4 rings (SSSR count). The zero-order chi connectivity index (χ0) is 20.4. The van der Waals surface area contributed by atoms with Crippen molar-refractivity contribution >= 4 is 17.7 Å². The van der Waals surface area contributed by atoms with Gasteiger partial charge in [-0.05, 0) is 24.6 Å². The quantitative estimate of drug-likeness (QED) is 0.799. The maximum absolute atomic E-state index is 13.0. The summed E-state index contributed by atoms with van der Waals surface area (Å²) in [4.78, 5) is 34.8. The molecule has 9 nitrogen and oxygen atoms in total. The minimum atomic E-state index is -1.03. The van der Waals surface area contributed by atoms with Gasteiger partial charge >= 0.3 is 0 Å². The van der Waals surface area contributed by atoms with Crippen molar-refractivity contribution in [3.63, 3.8) is 0 Å². The van der Waals surface area contributed by atoms with Gasteiger partial charge in [-0.25, -0.2) is 0 Å². The normalized spacial score (nSPS) is 21.1. The number of carbonyl (C=O) groups is 1. The molecule has 2 atom stereocenters. The Bertz CT molecular complexity index is 1010. The molecule has 1 aromatic carbocycles. The minimum Gasteiger partial charge on any atom is -0.494 e. The van der Waals surface area contributed by atoms with E-state index in [1.807, 2.05) is 17.9 Å². The summed E-state index contributed by atoms with van der Waals surface area (Å²) in [5.41, 5.74) is 0.607. The van der Waals surface area contributed by atoms with E-state index in [0.29, 0.717) is 50.2 Å². The summed E-state index contributed by atoms with van der Waals surface area (Å²) >= 11 is 0. The molecular weight excluding hydrogens is 374 g/mol. The molecule has 0 saturated carbocycles. The van der Waals surface area contributed by atoms with Crippen LogP contribution in [-0.4, -0.2) is 48.8 Å². The molecule has 1 aromatic heterocycles. The molecule has 0 bridgehead atoms. The molecule has 0 spiro atoms. The Morgan fingerprint density at radius 3 is 2.66 bits per heavy atom. The van der Waals surface area contributed by atoms with Crippen molar-refractivity contribution in [2.24, 2.45) is 5.92 Å². The number of anilines is 2. The number of nitriles is 1. The number of benzene rings is 1. The fraction of sp³-hybridized carbons (Fsp3) is 0.400. The molecule has 150 valence electrons. The number of rotatable bonds is 4. The Balaban J connectivity index is 1.78. The van der Waals surface area contributed by atoms with Crippen molar-refractivity contribution < 1.29 is 14.3 Å². The summed E-state index contributed by atoms with van der Waals surface area (Å²) in [6.07, 6.45) is 0. The summed E-state index contributed by atoms with van der Waals surface area (Å²) in [5, 5.41) is 12.3. The molecule has 1 fully saturated rings. The van der Waals surface area contributed by atoms with Crippen LogP contribution in [0.4, 0.5) is 11.8 Å². The first kappa shape index (κ1) is 19.0. The summed E-state index contributed by atoms with van der Waals surface area (Å²) in [6, 6.07) is 9.12. The van der Waals surface area contributed by atoms with Crippen molar-refractivity contribution in [3.8, 4) is 11.8 Å². The Kier molecular flexibility index (Phi) is 5.18. The highest BCUT2D eigenvalue weighted by atomic mass is 16.5. The third kappa shape index (κ3) is 3.54. The van der Waals surface area contributed by atoms with Gasteiger partial charge < -0.3 is 19.7 Å². The van der Waals surface area contributed by atoms with Gasteiger partial charge in [-0.15, -0.1) is 0 Å². The molecule has 1 amide bonds. The Hall–Kier alpha value is -3.38. The lowest BCUT2D eigenvalue weighted by molar-refractivity contribution is -0.119. The minimum absolute atomic E-state index is 0.200. The van der Waals surface area contributed by atoms with Crippen molar-refractivity contribution in [2.75, 3.05) is 43.1 Å². The third-order valence-corrected chi connectivity index (χ3v) is 5.11. The molecule has 2 aliphatic rings. The van der Waals surface area contributed by atoms with Gasteiger partial charge in [0.2, 0.25) is 11.9 Å². The van der Waals surface area contributed by atoms with Crippen LogP contribution in [0.15, 0.2) is 29.1 Å². The first-order valence-corrected chi connectivity index (χ1v) is 9.52. The summed E-state index contributed by atoms with van der Waals surface area (Å²) in [5.74, 6) is -0.944. The number of ether oxygens (including phenoxy) is 2. The van der Waals surface area contributed by atoms with Gasteiger partial charge in [0.05, 0.1) is 31.5 Å². The van der Waals surface area contributed by atoms with E-state index in [9.17, 15) is 14.9 Å². The van der Waals surface area contributed by atoms with Crippen molar-refractivity contribution in [1.82, 2.24) is 9.97 Å². The van der Waals surface area contributed by atoms with Crippen LogP contribution >= 0.6 is 0 Å². The lowest BCUT2D eigenvalue weighted by Gasteiger charge is -2.31. The van der Waals surface area contributed by atoms with Gasteiger partial charge in [0.25, 0.3) is 5.56 Å². The summed E-state index contributed by atoms with van der Waals surface area (Å²) in [6.45, 7) is 4.69. The molecule has 0 aliphatic carbocycles. The van der Waals surface area contributed by atoms with Crippen LogP contribution in [-0.2, 0) is 9.53 Å². The third-order valence-electron chi connectivity index (χ3n) is 5.11. The molecule has 0 radical (unpaired) electrons. The smallest absolute Gasteiger partial charge is 0.258 e. The van der Waals surface area contributed by atoms with Crippen molar-refractivity contribution in [2.45, 2.75) is 12.8 Å². The van der Waals surface area contributed by atoms with Gasteiger partial charge in [-0.2, -0.15) is 10.2 Å². The van der Waals surface area contributed by atoms with E-state index >= 15 is 0 Å². The molecule has 0 unspecified atom stereocenters. The molecule has 9 heteroatoms. The average Bonchev–Trinajstić information content (AvgIpc) is 2.74. The standard InChI is InChI=1S/C20H21N5O4/c1-2-29-13-5-3-12(4-6-13)15-14(11-21)18(26)22-17-16(15)19(27)24-20(23-17)25-7-9-28-10-8-25/h3-6,14-15H,2,7-10H2,1H3,(H2,22,23,24,26,27)/t14-,15-/m1/s1. The van der Waals surface area contributed by atoms with E-state index in [-0.39, 0.29) is 16.9 Å². The second-order valence-corrected chi connectivity index (χ2v) is 6.83. The van der Waals surface area contributed by atoms with E-state index in [0.717, 1.165) is 0 Å². The topological polar surface area (TPSA) is 120 Å². The number of hydrogen-bond acceptors (Lipinski definition) is 7. The molecule has 2 aliphatic heterocycles. The van der Waals surface area contributed by atoms with Crippen LogP contribution in [0.2, 0.25) is 0 Å². The van der Waals surface area contributed by atoms with E-state index in [4.69, 9.17) is 9.47 Å². The highest BCUT2D eigenvalue weighted by Gasteiger charge is 2.40. The van der Waals surface area contributed by atoms with Crippen LogP contribution in [0.25, 0.3) is 0 Å². The Labute approximate surface area is 167 Å². The number of amides is 1. The van der Waals surface area contributed by atoms with E-state index in [1.165, 1.54) is 0 Å². The van der Waals surface area contributed by atoms with E-state index < -0.39 is 17.7 Å². The molecule has 3 heterocycles. The average molecular weight is 395 g/mol. The predicted molar refractivity (Wildman–Crippen MR) is 105 cm³/mol. The fourth-order valence-electron chi connectivity index (χ4n) is 3.72. The van der Waals surface area contributed by atoms with Gasteiger partial charge in [-0.3, -0.25) is 14.6 Å². The van der Waals surface area contributed by atoms with Gasteiger partial charge in [0.1, 0.15) is 17.5 Å². The number of nitrogens with one attached hydrogen (secondary N) is 2. The number of aromatic amines is 1. The number of H-pyrrole nitrogens is 1. The molecule has 2 aromatic rings. The number of hydrogen-bond donors (Lipinski definition) is 2. The number of carbonyl (C=O) groups excluding carboxylic acids is 1. The first-order chi connectivity index (χ1) is 14.1. The highest BCUT2D eigenvalue weighted by Crippen LogP contribution is 2.38. The van der Waals surface area contributed by atoms with Gasteiger partial charge in [0.15, 0.2) is 0 Å². The molecule has 1 saturated heterocycles. The first-order valence-electron chi connectivity index (χ1n) is 9.52. The zero-order valence-corrected chi connectivity index (χ0v) is 16.0. The van der Waals surface area contributed by atoms with Crippen LogP contribution < -0.4 is 20.5 Å². The van der Waals surface area contributed by atoms with Crippen LogP contribution in [0.3, 0.4) is 0 Å². The van der Waals surface area contributed by atoms with Crippen LogP contribution in [0, 0.1) is 17.2 Å². The Morgan fingerprint density at radius 2 is 2.00 bits per heavy atom. The predicted octanol–water partition coefficient (Wildman–Crippen LogP) is 1.23. The lowest BCUT2D eigenvalue weighted by atomic mass is 9.79. The van der Waals surface area contributed by atoms with Gasteiger partial charge in [0, 0.05) is 19.0 Å². The zero-order valence-electron chi connectivity index (χ0n) is 16.0. The van der Waals surface area contributed by atoms with E-state index in [1.54, 1.807) is 24.3 Å². The SMILES string of the molecule is CCOc1ccc([C@H]2c3c(nc(N4CCOCC4)[nH]c3=O)NC(=O)[C@@H]2C#N)cc1. The van der Waals surface area contributed by atoms with Gasteiger partial charge in [-0.1, -0.05) is 12.1 Å². The molecular formula is C20H21N5O4. The lowest BCUT2D eigenvalue weighted by Crippen LogP contribution is -2.41. The van der Waals surface area contributed by atoms with Crippen molar-refractivity contribution in [1.29, 1.82) is 5.26 Å². The van der Waals surface area contributed by atoms with E-state index in [2.05, 4.69) is 15.3 Å².